The van der Waals surface area contributed by atoms with Gasteiger partial charge in [0, 0.05) is 33.9 Å². The molecule has 0 aliphatic heterocycles. The third-order valence-corrected chi connectivity index (χ3v) is 12.4. The first-order valence-electron chi connectivity index (χ1n) is 14.6. The molecule has 6 nitrogen and oxygen atoms in total. The fraction of sp³-hybridized carbons (Fsp3) is 0.0526. The standard InChI is InChI=1S/C38H30N2O4P2/c1-43-35-23-33(45(27-15-7-3-8-16-27)28-17-9-4-10-18-28)37(31(25-41)39-35)38-32(26-42)40-36(44-2)24-34(38)46(29-19-11-5-12-20-29)30-21-13-6-14-22-30/h3-26H,1-2H3. The van der Waals surface area contributed by atoms with E-state index in [-0.39, 0.29) is 11.4 Å². The van der Waals surface area contributed by atoms with E-state index in [1.54, 1.807) is 0 Å². The largest absolute Gasteiger partial charge is 0.481 e. The maximum absolute atomic E-state index is 13.0. The minimum absolute atomic E-state index is 0.168. The molecule has 6 aromatic rings. The zero-order chi connectivity index (χ0) is 31.9. The van der Waals surface area contributed by atoms with Crippen LogP contribution in [0.25, 0.3) is 11.1 Å². The van der Waals surface area contributed by atoms with Crippen LogP contribution in [-0.4, -0.2) is 36.8 Å². The molecule has 226 valence electrons. The molecule has 0 spiro atoms. The molecule has 0 unspecified atom stereocenters. The molecule has 0 aliphatic rings. The Kier molecular flexibility index (Phi) is 9.69. The highest BCUT2D eigenvalue weighted by atomic mass is 31.1. The number of pyridine rings is 2. The fourth-order valence-electron chi connectivity index (χ4n) is 5.46. The van der Waals surface area contributed by atoms with Crippen LogP contribution in [-0.2, 0) is 0 Å². The Bertz CT molecular complexity index is 1730. The normalized spacial score (nSPS) is 11.0. The summed E-state index contributed by atoms with van der Waals surface area (Å²) in [5.41, 5.74) is 1.45. The lowest BCUT2D eigenvalue weighted by Crippen LogP contribution is -2.28. The monoisotopic (exact) mass is 640 g/mol. The quantitative estimate of drug-likeness (QED) is 0.141. The summed E-state index contributed by atoms with van der Waals surface area (Å²) >= 11 is 0. The van der Waals surface area contributed by atoms with E-state index in [2.05, 4.69) is 58.5 Å². The Morgan fingerprint density at radius 2 is 0.761 bits per heavy atom. The number of aldehydes is 2. The number of ether oxygens (including phenoxy) is 2. The number of benzene rings is 4. The smallest absolute Gasteiger partial charge is 0.214 e. The van der Waals surface area contributed by atoms with Crippen molar-refractivity contribution in [1.29, 1.82) is 0 Å². The summed E-state index contributed by atoms with van der Waals surface area (Å²) in [5, 5.41) is 5.93. The van der Waals surface area contributed by atoms with Crippen molar-refractivity contribution in [2.45, 2.75) is 0 Å². The summed E-state index contributed by atoms with van der Waals surface area (Å²) in [6, 6.07) is 44.5. The van der Waals surface area contributed by atoms with Crippen LogP contribution >= 0.6 is 15.8 Å². The van der Waals surface area contributed by atoms with E-state index in [1.807, 2.05) is 84.9 Å². The molecule has 0 N–H and O–H groups in total. The molecule has 0 amide bonds. The average molecular weight is 641 g/mol. The molecule has 0 atom stereocenters. The van der Waals surface area contributed by atoms with Gasteiger partial charge in [0.15, 0.2) is 12.6 Å². The number of carbonyl (C=O) groups excluding carboxylic acids is 2. The van der Waals surface area contributed by atoms with Crippen LogP contribution in [0.3, 0.4) is 0 Å². The van der Waals surface area contributed by atoms with Gasteiger partial charge < -0.3 is 9.47 Å². The van der Waals surface area contributed by atoms with Crippen LogP contribution in [0.1, 0.15) is 21.0 Å². The molecule has 2 heterocycles. The van der Waals surface area contributed by atoms with Crippen LogP contribution < -0.4 is 41.3 Å². The van der Waals surface area contributed by atoms with E-state index in [0.29, 0.717) is 22.9 Å². The number of aromatic nitrogens is 2. The summed E-state index contributed by atoms with van der Waals surface area (Å²) in [5.74, 6) is 0.619. The molecule has 46 heavy (non-hydrogen) atoms. The molecule has 8 heteroatoms. The van der Waals surface area contributed by atoms with Crippen LogP contribution in [0, 0.1) is 0 Å². The van der Waals surface area contributed by atoms with Gasteiger partial charge in [0.1, 0.15) is 11.4 Å². The topological polar surface area (TPSA) is 78.4 Å². The van der Waals surface area contributed by atoms with Crippen molar-refractivity contribution in [3.8, 4) is 22.9 Å². The summed E-state index contributed by atoms with van der Waals surface area (Å²) in [4.78, 5) is 35.3. The van der Waals surface area contributed by atoms with Gasteiger partial charge >= 0.3 is 0 Å². The van der Waals surface area contributed by atoms with Crippen LogP contribution in [0.2, 0.25) is 0 Å². The summed E-state index contributed by atoms with van der Waals surface area (Å²) in [7, 11) is 0.574. The van der Waals surface area contributed by atoms with Gasteiger partial charge in [-0.3, -0.25) is 9.59 Å². The number of rotatable bonds is 11. The fourth-order valence-corrected chi connectivity index (χ4v) is 10.4. The van der Waals surface area contributed by atoms with Gasteiger partial charge in [0.2, 0.25) is 11.8 Å². The SMILES string of the molecule is COc1cc(P(c2ccccc2)c2ccccc2)c(-c2c(P(c3ccccc3)c3ccccc3)cc(OC)nc2C=O)c(C=O)n1. The number of hydrogen-bond acceptors (Lipinski definition) is 6. The predicted octanol–water partition coefficient (Wildman–Crippen LogP) is 5.30. The molecular formula is C38H30N2O4P2. The number of hydrogen-bond donors (Lipinski definition) is 0. The van der Waals surface area contributed by atoms with E-state index >= 15 is 0 Å². The van der Waals surface area contributed by atoms with Gasteiger partial charge in [-0.2, -0.15) is 0 Å². The Balaban J connectivity index is 1.77. The van der Waals surface area contributed by atoms with Crippen molar-refractivity contribution in [2.24, 2.45) is 0 Å². The number of nitrogens with zero attached hydrogens (tertiary/aromatic N) is 2. The second-order valence-electron chi connectivity index (χ2n) is 10.1. The highest BCUT2D eigenvalue weighted by molar-refractivity contribution is 7.80. The minimum Gasteiger partial charge on any atom is -0.481 e. The predicted molar refractivity (Wildman–Crippen MR) is 189 cm³/mol. The summed E-state index contributed by atoms with van der Waals surface area (Å²) in [6.45, 7) is 0. The lowest BCUT2D eigenvalue weighted by Gasteiger charge is -2.28. The second-order valence-corrected chi connectivity index (χ2v) is 14.5. The van der Waals surface area contributed by atoms with Crippen molar-refractivity contribution in [2.75, 3.05) is 14.2 Å². The van der Waals surface area contributed by atoms with Gasteiger partial charge in [-0.25, -0.2) is 9.97 Å². The molecule has 0 fully saturated rings. The molecule has 0 bridgehead atoms. The lowest BCUT2D eigenvalue weighted by atomic mass is 10.0. The first-order chi connectivity index (χ1) is 22.7. The van der Waals surface area contributed by atoms with Crippen molar-refractivity contribution < 1.29 is 19.1 Å². The van der Waals surface area contributed by atoms with Crippen LogP contribution in [0.5, 0.6) is 11.8 Å². The number of methoxy groups -OCH3 is 2. The molecule has 4 aromatic carbocycles. The van der Waals surface area contributed by atoms with Gasteiger partial charge in [0.25, 0.3) is 0 Å². The molecule has 2 aromatic heterocycles. The Morgan fingerprint density at radius 1 is 0.478 bits per heavy atom. The third kappa shape index (κ3) is 6.23. The van der Waals surface area contributed by atoms with Crippen molar-refractivity contribution in [1.82, 2.24) is 9.97 Å². The first kappa shape index (κ1) is 31.0. The molecular weight excluding hydrogens is 610 g/mol. The van der Waals surface area contributed by atoms with Crippen LogP contribution in [0.15, 0.2) is 133 Å². The highest BCUT2D eigenvalue weighted by Crippen LogP contribution is 2.43. The zero-order valence-corrected chi connectivity index (χ0v) is 27.1. The van der Waals surface area contributed by atoms with E-state index in [0.717, 1.165) is 44.4 Å². The van der Waals surface area contributed by atoms with E-state index < -0.39 is 15.8 Å². The Labute approximate surface area is 270 Å². The lowest BCUT2D eigenvalue weighted by molar-refractivity contribution is 0.111. The highest BCUT2D eigenvalue weighted by Gasteiger charge is 2.31. The van der Waals surface area contributed by atoms with Gasteiger partial charge in [-0.15, -0.1) is 0 Å². The van der Waals surface area contributed by atoms with Gasteiger partial charge in [-0.05, 0) is 37.1 Å². The van der Waals surface area contributed by atoms with Gasteiger partial charge in [-0.1, -0.05) is 121 Å². The molecule has 0 saturated heterocycles. The summed E-state index contributed by atoms with van der Waals surface area (Å²) < 4.78 is 11.3. The Morgan fingerprint density at radius 3 is 1.00 bits per heavy atom. The average Bonchev–Trinajstić information content (AvgIpc) is 3.13. The van der Waals surface area contributed by atoms with Crippen LogP contribution in [0.4, 0.5) is 0 Å². The van der Waals surface area contributed by atoms with Gasteiger partial charge in [0.05, 0.1) is 14.2 Å². The first-order valence-corrected chi connectivity index (χ1v) is 17.2. The van der Waals surface area contributed by atoms with Crippen molar-refractivity contribution >= 4 is 60.2 Å². The van der Waals surface area contributed by atoms with Crippen molar-refractivity contribution in [3.05, 3.63) is 145 Å². The maximum atomic E-state index is 13.0. The Hall–Kier alpha value is -5.02. The van der Waals surface area contributed by atoms with E-state index in [1.165, 1.54) is 14.2 Å². The minimum atomic E-state index is -1.25. The van der Waals surface area contributed by atoms with Crippen molar-refractivity contribution in [3.63, 3.8) is 0 Å². The molecule has 6 rings (SSSR count). The summed E-state index contributed by atoms with van der Waals surface area (Å²) in [6.07, 6.45) is 1.47. The number of carbonyl (C=O) groups is 2. The second kappa shape index (κ2) is 14.4. The molecule has 0 saturated carbocycles. The van der Waals surface area contributed by atoms with E-state index in [4.69, 9.17) is 9.47 Å². The zero-order valence-electron chi connectivity index (χ0n) is 25.3. The molecule has 0 radical (unpaired) electrons. The van der Waals surface area contributed by atoms with E-state index in [9.17, 15) is 9.59 Å². The maximum Gasteiger partial charge on any atom is 0.214 e. The molecule has 0 aliphatic carbocycles. The third-order valence-electron chi connectivity index (χ3n) is 7.44.